The van der Waals surface area contributed by atoms with Crippen molar-refractivity contribution in [1.29, 1.82) is 0 Å². The second-order valence-corrected chi connectivity index (χ2v) is 3.91. The van der Waals surface area contributed by atoms with Crippen LogP contribution >= 0.6 is 0 Å². The van der Waals surface area contributed by atoms with Crippen LogP contribution in [0.3, 0.4) is 0 Å². The maximum absolute atomic E-state index is 10.3. The number of nitrogens with one attached hydrogen (secondary N) is 1. The Kier molecular flexibility index (Phi) is 5.64. The van der Waals surface area contributed by atoms with Crippen molar-refractivity contribution in [3.8, 4) is 0 Å². The fourth-order valence-electron chi connectivity index (χ4n) is 1.60. The third-order valence-electron chi connectivity index (χ3n) is 2.46. The number of hydrogen-bond acceptors (Lipinski definition) is 4. The predicted octanol–water partition coefficient (Wildman–Crippen LogP) is 2.73. The molecule has 2 N–H and O–H groups in total. The second kappa shape index (κ2) is 7.27. The number of aliphatic hydroxyl groups is 1. The van der Waals surface area contributed by atoms with Crippen LogP contribution in [0.1, 0.15) is 24.0 Å². The zero-order valence-corrected chi connectivity index (χ0v) is 10.5. The summed E-state index contributed by atoms with van der Waals surface area (Å²) in [6.07, 6.45) is 8.06. The van der Waals surface area contributed by atoms with E-state index in [0.717, 1.165) is 36.1 Å². The molecule has 1 rings (SSSR count). The summed E-state index contributed by atoms with van der Waals surface area (Å²) in [4.78, 5) is 14.6. The monoisotopic (exact) mass is 246 g/mol. The van der Waals surface area contributed by atoms with E-state index in [-0.39, 0.29) is 5.76 Å². The molecule has 0 saturated heterocycles. The first-order valence-electron chi connectivity index (χ1n) is 5.83. The molecular weight excluding hydrogens is 228 g/mol. The molecule has 1 aromatic heterocycles. The number of rotatable bonds is 7. The molecule has 18 heavy (non-hydrogen) atoms. The Morgan fingerprint density at radius 1 is 1.61 bits per heavy atom. The van der Waals surface area contributed by atoms with E-state index in [0.29, 0.717) is 6.42 Å². The van der Waals surface area contributed by atoms with Crippen LogP contribution in [0.25, 0.3) is 6.08 Å². The molecule has 0 radical (unpaired) electrons. The van der Waals surface area contributed by atoms with Crippen LogP contribution in [0.4, 0.5) is 5.82 Å². The number of unbranched alkanes of at least 4 members (excludes halogenated alkanes) is 1. The average Bonchev–Trinajstić information content (AvgIpc) is 2.37. The molecular formula is C14H18N2O2. The van der Waals surface area contributed by atoms with Gasteiger partial charge in [-0.1, -0.05) is 6.58 Å². The van der Waals surface area contributed by atoms with Crippen LogP contribution in [0.15, 0.2) is 30.7 Å². The minimum atomic E-state index is 0.00944. The van der Waals surface area contributed by atoms with E-state index in [2.05, 4.69) is 16.9 Å². The van der Waals surface area contributed by atoms with Crippen molar-refractivity contribution in [2.24, 2.45) is 0 Å². The lowest BCUT2D eigenvalue weighted by molar-refractivity contribution is -0.107. The quantitative estimate of drug-likeness (QED) is 0.336. The van der Waals surface area contributed by atoms with Gasteiger partial charge in [0.05, 0.1) is 0 Å². The smallest absolute Gasteiger partial charge is 0.128 e. The SMILES string of the molecule is C=C(O)/C=C/c1cnc(NC)c(CCCC=O)c1. The average molecular weight is 246 g/mol. The Bertz CT molecular complexity index is 453. The molecule has 0 aliphatic rings. The molecule has 4 nitrogen and oxygen atoms in total. The van der Waals surface area contributed by atoms with E-state index in [4.69, 9.17) is 5.11 Å². The van der Waals surface area contributed by atoms with E-state index in [1.54, 1.807) is 12.3 Å². The topological polar surface area (TPSA) is 62.2 Å². The number of carbonyl (C=O) groups is 1. The lowest BCUT2D eigenvalue weighted by atomic mass is 10.1. The lowest BCUT2D eigenvalue weighted by Crippen LogP contribution is -1.99. The summed E-state index contributed by atoms with van der Waals surface area (Å²) in [5, 5.41) is 12.0. The predicted molar refractivity (Wildman–Crippen MR) is 73.6 cm³/mol. The number of anilines is 1. The molecule has 1 aromatic rings. The highest BCUT2D eigenvalue weighted by Gasteiger charge is 2.03. The van der Waals surface area contributed by atoms with Crippen molar-refractivity contribution in [2.75, 3.05) is 12.4 Å². The lowest BCUT2D eigenvalue weighted by Gasteiger charge is -2.08. The van der Waals surface area contributed by atoms with E-state index in [1.165, 1.54) is 6.08 Å². The number of aromatic nitrogens is 1. The second-order valence-electron chi connectivity index (χ2n) is 3.91. The van der Waals surface area contributed by atoms with Gasteiger partial charge in [0.1, 0.15) is 17.9 Å². The first-order chi connectivity index (χ1) is 8.67. The number of aryl methyl sites for hydroxylation is 1. The van der Waals surface area contributed by atoms with Gasteiger partial charge in [-0.25, -0.2) is 4.98 Å². The Hall–Kier alpha value is -2.10. The van der Waals surface area contributed by atoms with E-state index in [1.807, 2.05) is 13.1 Å². The third-order valence-corrected chi connectivity index (χ3v) is 2.46. The van der Waals surface area contributed by atoms with Crippen LogP contribution in [-0.2, 0) is 11.2 Å². The number of hydrogen-bond donors (Lipinski definition) is 2. The fourth-order valence-corrected chi connectivity index (χ4v) is 1.60. The van der Waals surface area contributed by atoms with Gasteiger partial charge in [-0.05, 0) is 42.2 Å². The van der Waals surface area contributed by atoms with Gasteiger partial charge in [0, 0.05) is 19.7 Å². The van der Waals surface area contributed by atoms with Crippen LogP contribution < -0.4 is 5.32 Å². The van der Waals surface area contributed by atoms with Gasteiger partial charge in [-0.2, -0.15) is 0 Å². The fraction of sp³-hybridized carbons (Fsp3) is 0.286. The largest absolute Gasteiger partial charge is 0.509 e. The van der Waals surface area contributed by atoms with Crippen LogP contribution in [0, 0.1) is 0 Å². The zero-order valence-electron chi connectivity index (χ0n) is 10.5. The number of pyridine rings is 1. The van der Waals surface area contributed by atoms with Crippen molar-refractivity contribution in [2.45, 2.75) is 19.3 Å². The maximum atomic E-state index is 10.3. The summed E-state index contributed by atoms with van der Waals surface area (Å²) < 4.78 is 0. The van der Waals surface area contributed by atoms with Crippen molar-refractivity contribution < 1.29 is 9.90 Å². The van der Waals surface area contributed by atoms with E-state index >= 15 is 0 Å². The first kappa shape index (κ1) is 14.0. The molecule has 4 heteroatoms. The minimum absolute atomic E-state index is 0.00944. The summed E-state index contributed by atoms with van der Waals surface area (Å²) in [6, 6.07) is 1.99. The van der Waals surface area contributed by atoms with Crippen molar-refractivity contribution in [3.05, 3.63) is 41.8 Å². The molecule has 0 atom stereocenters. The van der Waals surface area contributed by atoms with Crippen molar-refractivity contribution in [3.63, 3.8) is 0 Å². The Labute approximate surface area is 107 Å². The Morgan fingerprint density at radius 2 is 2.39 bits per heavy atom. The van der Waals surface area contributed by atoms with Gasteiger partial charge >= 0.3 is 0 Å². The number of allylic oxidation sites excluding steroid dienone is 1. The number of aldehydes is 1. The normalized spacial score (nSPS) is 10.5. The number of carbonyl (C=O) groups excluding carboxylic acids is 1. The highest BCUT2D eigenvalue weighted by Crippen LogP contribution is 2.17. The van der Waals surface area contributed by atoms with Gasteiger partial charge in [-0.3, -0.25) is 0 Å². The molecule has 0 saturated carbocycles. The third kappa shape index (κ3) is 4.41. The highest BCUT2D eigenvalue weighted by atomic mass is 16.3. The summed E-state index contributed by atoms with van der Waals surface area (Å²) in [5.41, 5.74) is 1.95. The van der Waals surface area contributed by atoms with Gasteiger partial charge in [0.2, 0.25) is 0 Å². The Balaban J connectivity index is 2.86. The summed E-state index contributed by atoms with van der Waals surface area (Å²) in [6.45, 7) is 3.38. The molecule has 0 amide bonds. The van der Waals surface area contributed by atoms with E-state index in [9.17, 15) is 4.79 Å². The molecule has 0 fully saturated rings. The molecule has 0 bridgehead atoms. The van der Waals surface area contributed by atoms with Gasteiger partial charge in [0.25, 0.3) is 0 Å². The molecule has 0 spiro atoms. The number of aliphatic hydroxyl groups excluding tert-OH is 1. The van der Waals surface area contributed by atoms with Crippen LogP contribution in [0.5, 0.6) is 0 Å². The molecule has 1 heterocycles. The summed E-state index contributed by atoms with van der Waals surface area (Å²) in [5.74, 6) is 0.830. The highest BCUT2D eigenvalue weighted by molar-refractivity contribution is 5.56. The standard InChI is InChI=1S/C14H18N2O2/c1-11(18)6-7-12-9-13(5-3-4-8-17)14(15-2)16-10-12/h6-10,18H,1,3-5H2,2H3,(H,15,16)/b7-6+. The molecule has 0 aliphatic heterocycles. The van der Waals surface area contributed by atoms with Crippen LogP contribution in [0.2, 0.25) is 0 Å². The molecule has 0 aliphatic carbocycles. The number of nitrogens with zero attached hydrogens (tertiary/aromatic N) is 1. The van der Waals surface area contributed by atoms with E-state index < -0.39 is 0 Å². The van der Waals surface area contributed by atoms with Gasteiger partial charge in [0.15, 0.2) is 0 Å². The Morgan fingerprint density at radius 3 is 3.00 bits per heavy atom. The molecule has 0 unspecified atom stereocenters. The van der Waals surface area contributed by atoms with Crippen LogP contribution in [-0.4, -0.2) is 23.4 Å². The summed E-state index contributed by atoms with van der Waals surface area (Å²) >= 11 is 0. The minimum Gasteiger partial charge on any atom is -0.509 e. The van der Waals surface area contributed by atoms with Gasteiger partial charge in [-0.15, -0.1) is 0 Å². The van der Waals surface area contributed by atoms with Crippen molar-refractivity contribution >= 4 is 18.2 Å². The molecule has 0 aromatic carbocycles. The summed E-state index contributed by atoms with van der Waals surface area (Å²) in [7, 11) is 1.82. The van der Waals surface area contributed by atoms with Crippen molar-refractivity contribution in [1.82, 2.24) is 4.98 Å². The van der Waals surface area contributed by atoms with Gasteiger partial charge < -0.3 is 15.2 Å². The first-order valence-corrected chi connectivity index (χ1v) is 5.83. The zero-order chi connectivity index (χ0) is 13.4. The maximum Gasteiger partial charge on any atom is 0.128 e. The molecule has 96 valence electrons.